The molecule has 1 fully saturated rings. The summed E-state index contributed by atoms with van der Waals surface area (Å²) in [6.45, 7) is 11.0. The third-order valence-corrected chi connectivity index (χ3v) is 6.68. The summed E-state index contributed by atoms with van der Waals surface area (Å²) in [6, 6.07) is 4.20. The number of likely N-dealkylation sites (tertiary alicyclic amines) is 1. The first-order valence-corrected chi connectivity index (χ1v) is 13.2. The first-order chi connectivity index (χ1) is 16.6. The molecule has 0 radical (unpaired) electrons. The number of ether oxygens (including phenoxy) is 2. The highest BCUT2D eigenvalue weighted by atomic mass is 16.6. The molecule has 1 saturated heterocycles. The molecule has 1 aromatic heterocycles. The number of piperidine rings is 1. The summed E-state index contributed by atoms with van der Waals surface area (Å²) in [6.07, 6.45) is 6.96. The standard InChI is InChI=1S/C27H43N3O5/c1-5-34-23(31)20-27(33)14-18-29(19-15-27)16-8-6-7-11-22-13-12-21-10-9-17-30(24(21)28-22)25(32)35-26(2,3)4/h12-13,33H,5-11,14-20H2,1-4H3. The lowest BCUT2D eigenvalue weighted by Crippen LogP contribution is -2.45. The van der Waals surface area contributed by atoms with Gasteiger partial charge in [-0.25, -0.2) is 9.78 Å². The second-order valence-electron chi connectivity index (χ2n) is 10.9. The SMILES string of the molecule is CCOC(=O)CC1(O)CCN(CCCCCc2ccc3c(n2)N(C(=O)OC(C)(C)C)CCC3)CC1. The molecule has 1 aromatic rings. The highest BCUT2D eigenvalue weighted by Crippen LogP contribution is 2.28. The maximum atomic E-state index is 12.7. The average Bonchev–Trinajstić information content (AvgIpc) is 2.78. The largest absolute Gasteiger partial charge is 0.466 e. The number of unbranched alkanes of at least 4 members (excludes halogenated alkanes) is 2. The minimum Gasteiger partial charge on any atom is -0.466 e. The van der Waals surface area contributed by atoms with Crippen LogP contribution in [-0.4, -0.2) is 71.0 Å². The Hall–Kier alpha value is -2.19. The Labute approximate surface area is 210 Å². The molecule has 35 heavy (non-hydrogen) atoms. The van der Waals surface area contributed by atoms with Crippen molar-refractivity contribution in [3.05, 3.63) is 23.4 Å². The smallest absolute Gasteiger partial charge is 0.416 e. The molecule has 0 spiro atoms. The van der Waals surface area contributed by atoms with Gasteiger partial charge in [-0.1, -0.05) is 12.5 Å². The molecule has 1 N–H and O–H groups in total. The lowest BCUT2D eigenvalue weighted by atomic mass is 9.88. The van der Waals surface area contributed by atoms with Crippen molar-refractivity contribution in [3.63, 3.8) is 0 Å². The molecule has 0 saturated carbocycles. The van der Waals surface area contributed by atoms with E-state index in [1.165, 1.54) is 0 Å². The van der Waals surface area contributed by atoms with Crippen LogP contribution in [-0.2, 0) is 27.1 Å². The van der Waals surface area contributed by atoms with Gasteiger partial charge in [0, 0.05) is 25.3 Å². The van der Waals surface area contributed by atoms with Gasteiger partial charge in [0.25, 0.3) is 0 Å². The topological polar surface area (TPSA) is 92.2 Å². The third kappa shape index (κ3) is 8.46. The van der Waals surface area contributed by atoms with Gasteiger partial charge in [-0.05, 0) is 90.8 Å². The number of carbonyl (C=O) groups is 2. The van der Waals surface area contributed by atoms with Gasteiger partial charge in [0.1, 0.15) is 11.4 Å². The number of carbonyl (C=O) groups excluding carboxylic acids is 2. The van der Waals surface area contributed by atoms with Crippen LogP contribution in [0.1, 0.15) is 83.9 Å². The summed E-state index contributed by atoms with van der Waals surface area (Å²) in [7, 11) is 0. The average molecular weight is 490 g/mol. The third-order valence-electron chi connectivity index (χ3n) is 6.68. The number of anilines is 1. The van der Waals surface area contributed by atoms with E-state index in [9.17, 15) is 14.7 Å². The normalized spacial score (nSPS) is 18.1. The van der Waals surface area contributed by atoms with Gasteiger partial charge in [-0.3, -0.25) is 9.69 Å². The zero-order valence-corrected chi connectivity index (χ0v) is 22.0. The highest BCUT2D eigenvalue weighted by Gasteiger charge is 2.34. The monoisotopic (exact) mass is 489 g/mol. The van der Waals surface area contributed by atoms with Crippen LogP contribution in [0.4, 0.5) is 10.6 Å². The summed E-state index contributed by atoms with van der Waals surface area (Å²) >= 11 is 0. The fourth-order valence-electron chi connectivity index (χ4n) is 4.78. The quantitative estimate of drug-likeness (QED) is 0.409. The van der Waals surface area contributed by atoms with Gasteiger partial charge in [-0.2, -0.15) is 0 Å². The first kappa shape index (κ1) is 27.4. The van der Waals surface area contributed by atoms with Crippen molar-refractivity contribution in [1.29, 1.82) is 0 Å². The molecule has 196 valence electrons. The molecule has 0 atom stereocenters. The van der Waals surface area contributed by atoms with Crippen LogP contribution in [0.3, 0.4) is 0 Å². The zero-order chi connectivity index (χ0) is 25.5. The molecule has 8 heteroatoms. The Morgan fingerprint density at radius 3 is 2.54 bits per heavy atom. The van der Waals surface area contributed by atoms with Gasteiger partial charge in [0.05, 0.1) is 18.6 Å². The molecule has 2 aliphatic rings. The summed E-state index contributed by atoms with van der Waals surface area (Å²) in [4.78, 5) is 33.3. The summed E-state index contributed by atoms with van der Waals surface area (Å²) in [5, 5.41) is 10.6. The Kier molecular flexibility index (Phi) is 9.53. The molecule has 8 nitrogen and oxygen atoms in total. The van der Waals surface area contributed by atoms with E-state index in [1.54, 1.807) is 11.8 Å². The Morgan fingerprint density at radius 1 is 1.11 bits per heavy atom. The molecule has 1 amide bonds. The van der Waals surface area contributed by atoms with E-state index in [0.29, 0.717) is 26.0 Å². The van der Waals surface area contributed by atoms with Gasteiger partial charge < -0.3 is 19.5 Å². The van der Waals surface area contributed by atoms with Crippen LogP contribution < -0.4 is 4.90 Å². The molecular formula is C27H43N3O5. The number of aliphatic hydroxyl groups is 1. The molecule has 0 aromatic carbocycles. The summed E-state index contributed by atoms with van der Waals surface area (Å²) in [5.41, 5.74) is 0.675. The van der Waals surface area contributed by atoms with Crippen molar-refractivity contribution in [2.45, 2.75) is 96.7 Å². The molecule has 2 aliphatic heterocycles. The van der Waals surface area contributed by atoms with E-state index >= 15 is 0 Å². The Bertz CT molecular complexity index is 859. The van der Waals surface area contributed by atoms with Gasteiger partial charge >= 0.3 is 12.1 Å². The lowest BCUT2D eigenvalue weighted by Gasteiger charge is -2.37. The minimum atomic E-state index is -0.923. The summed E-state index contributed by atoms with van der Waals surface area (Å²) in [5.74, 6) is 0.445. The van der Waals surface area contributed by atoms with Crippen molar-refractivity contribution in [3.8, 4) is 0 Å². The van der Waals surface area contributed by atoms with E-state index in [-0.39, 0.29) is 18.5 Å². The van der Waals surface area contributed by atoms with E-state index in [2.05, 4.69) is 17.0 Å². The minimum absolute atomic E-state index is 0.0911. The van der Waals surface area contributed by atoms with Crippen LogP contribution in [0, 0.1) is 0 Å². The first-order valence-electron chi connectivity index (χ1n) is 13.2. The fraction of sp³-hybridized carbons (Fsp3) is 0.741. The molecule has 0 unspecified atom stereocenters. The predicted molar refractivity (Wildman–Crippen MR) is 136 cm³/mol. The van der Waals surface area contributed by atoms with Crippen molar-refractivity contribution in [2.24, 2.45) is 0 Å². The molecule has 3 rings (SSSR count). The van der Waals surface area contributed by atoms with E-state index in [4.69, 9.17) is 14.5 Å². The number of pyridine rings is 1. The number of aryl methyl sites for hydroxylation is 2. The fourth-order valence-corrected chi connectivity index (χ4v) is 4.78. The number of rotatable bonds is 9. The molecule has 0 bridgehead atoms. The molecule has 0 aliphatic carbocycles. The highest BCUT2D eigenvalue weighted by molar-refractivity contribution is 5.88. The van der Waals surface area contributed by atoms with Crippen LogP contribution in [0.25, 0.3) is 0 Å². The van der Waals surface area contributed by atoms with Gasteiger partial charge in [-0.15, -0.1) is 0 Å². The van der Waals surface area contributed by atoms with E-state index in [1.807, 2.05) is 20.8 Å². The van der Waals surface area contributed by atoms with Crippen LogP contribution in [0.2, 0.25) is 0 Å². The summed E-state index contributed by atoms with van der Waals surface area (Å²) < 4.78 is 10.6. The van der Waals surface area contributed by atoms with Crippen molar-refractivity contribution in [1.82, 2.24) is 9.88 Å². The second kappa shape index (κ2) is 12.2. The number of hydrogen-bond acceptors (Lipinski definition) is 7. The van der Waals surface area contributed by atoms with E-state index < -0.39 is 11.2 Å². The number of esters is 1. The number of amides is 1. The second-order valence-corrected chi connectivity index (χ2v) is 10.9. The van der Waals surface area contributed by atoms with Crippen molar-refractivity contribution in [2.75, 3.05) is 37.7 Å². The van der Waals surface area contributed by atoms with Crippen LogP contribution in [0.5, 0.6) is 0 Å². The zero-order valence-electron chi connectivity index (χ0n) is 22.0. The number of hydrogen-bond donors (Lipinski definition) is 1. The van der Waals surface area contributed by atoms with Crippen LogP contribution in [0.15, 0.2) is 12.1 Å². The van der Waals surface area contributed by atoms with Crippen molar-refractivity contribution < 1.29 is 24.2 Å². The lowest BCUT2D eigenvalue weighted by molar-refractivity contribution is -0.150. The maximum absolute atomic E-state index is 12.7. The number of nitrogens with zero attached hydrogens (tertiary/aromatic N) is 3. The van der Waals surface area contributed by atoms with Gasteiger partial charge in [0.2, 0.25) is 0 Å². The number of aromatic nitrogens is 1. The van der Waals surface area contributed by atoms with Gasteiger partial charge in [0.15, 0.2) is 0 Å². The maximum Gasteiger partial charge on any atom is 0.416 e. The van der Waals surface area contributed by atoms with E-state index in [0.717, 1.165) is 75.2 Å². The number of fused-ring (bicyclic) bond motifs is 1. The van der Waals surface area contributed by atoms with Crippen LogP contribution >= 0.6 is 0 Å². The Balaban J connectivity index is 1.40. The predicted octanol–water partition coefficient (Wildman–Crippen LogP) is 4.26. The molecular weight excluding hydrogens is 446 g/mol. The Morgan fingerprint density at radius 2 is 1.86 bits per heavy atom. The van der Waals surface area contributed by atoms with Crippen molar-refractivity contribution >= 4 is 17.9 Å². The molecule has 3 heterocycles.